The summed E-state index contributed by atoms with van der Waals surface area (Å²) < 4.78 is 15.9. The molecule has 7 heteroatoms. The van der Waals surface area contributed by atoms with Gasteiger partial charge < -0.3 is 19.5 Å². The van der Waals surface area contributed by atoms with Crippen LogP contribution >= 0.6 is 11.3 Å². The Balaban J connectivity index is 1.72. The molecule has 0 aliphatic heterocycles. The van der Waals surface area contributed by atoms with Gasteiger partial charge in [-0.1, -0.05) is 41.7 Å². The Morgan fingerprint density at radius 3 is 2.19 bits per heavy atom. The number of nitrogens with one attached hydrogen (secondary N) is 1. The lowest BCUT2D eigenvalue weighted by Gasteiger charge is -2.08. The number of methoxy groups -OCH3 is 3. The Bertz CT molecular complexity index is 1220. The van der Waals surface area contributed by atoms with Crippen LogP contribution < -0.4 is 19.5 Å². The quantitative estimate of drug-likeness (QED) is 0.391. The first-order chi connectivity index (χ1) is 15.6. The summed E-state index contributed by atoms with van der Waals surface area (Å²) >= 11 is 1.41. The van der Waals surface area contributed by atoms with Gasteiger partial charge in [0.2, 0.25) is 0 Å². The molecule has 1 heterocycles. The fourth-order valence-electron chi connectivity index (χ4n) is 3.21. The Morgan fingerprint density at radius 2 is 1.53 bits per heavy atom. The van der Waals surface area contributed by atoms with Crippen molar-refractivity contribution in [2.75, 3.05) is 26.6 Å². The maximum atomic E-state index is 12.9. The monoisotopic (exact) mass is 446 g/mol. The summed E-state index contributed by atoms with van der Waals surface area (Å²) in [6.07, 6.45) is 0. The molecule has 0 spiro atoms. The number of ether oxygens (including phenoxy) is 3. The lowest BCUT2D eigenvalue weighted by atomic mass is 10.1. The maximum Gasteiger partial charge on any atom is 0.256 e. The van der Waals surface area contributed by atoms with Crippen molar-refractivity contribution in [2.45, 2.75) is 0 Å². The highest BCUT2D eigenvalue weighted by atomic mass is 32.1. The van der Waals surface area contributed by atoms with Crippen LogP contribution in [0, 0.1) is 0 Å². The standard InChI is InChI=1S/C25H22N2O4S/c1-29-19-12-9-17(10-13-19)23(28)27-25-22(16-7-5-4-6-8-16)26-24(32-25)18-11-14-20(30-2)21(15-18)31-3/h4-15H,1-3H3,(H,27,28). The maximum absolute atomic E-state index is 12.9. The smallest absolute Gasteiger partial charge is 0.256 e. The van der Waals surface area contributed by atoms with E-state index < -0.39 is 0 Å². The number of nitrogens with zero attached hydrogens (tertiary/aromatic N) is 1. The van der Waals surface area contributed by atoms with Gasteiger partial charge in [-0.15, -0.1) is 0 Å². The third kappa shape index (κ3) is 4.43. The Morgan fingerprint density at radius 1 is 0.812 bits per heavy atom. The molecule has 4 rings (SSSR count). The Hall–Kier alpha value is -3.84. The van der Waals surface area contributed by atoms with Gasteiger partial charge in [-0.2, -0.15) is 0 Å². The van der Waals surface area contributed by atoms with Crippen LogP contribution in [0.5, 0.6) is 17.2 Å². The molecule has 0 aliphatic carbocycles. The Labute approximate surface area is 190 Å². The van der Waals surface area contributed by atoms with Gasteiger partial charge in [0.25, 0.3) is 5.91 Å². The number of carbonyl (C=O) groups is 1. The van der Waals surface area contributed by atoms with Gasteiger partial charge >= 0.3 is 0 Å². The fraction of sp³-hybridized carbons (Fsp3) is 0.120. The van der Waals surface area contributed by atoms with Crippen LogP contribution in [-0.4, -0.2) is 32.2 Å². The summed E-state index contributed by atoms with van der Waals surface area (Å²) in [6, 6.07) is 22.4. The molecule has 0 radical (unpaired) electrons. The summed E-state index contributed by atoms with van der Waals surface area (Å²) in [6.45, 7) is 0. The zero-order valence-electron chi connectivity index (χ0n) is 17.9. The zero-order chi connectivity index (χ0) is 22.5. The highest BCUT2D eigenvalue weighted by Gasteiger charge is 2.18. The molecule has 0 fully saturated rings. The zero-order valence-corrected chi connectivity index (χ0v) is 18.7. The summed E-state index contributed by atoms with van der Waals surface area (Å²) in [5, 5.41) is 4.45. The molecule has 0 saturated carbocycles. The molecule has 1 amide bonds. The average Bonchev–Trinajstić information content (AvgIpc) is 3.27. The van der Waals surface area contributed by atoms with Crippen molar-refractivity contribution in [1.82, 2.24) is 4.98 Å². The van der Waals surface area contributed by atoms with E-state index in [4.69, 9.17) is 19.2 Å². The van der Waals surface area contributed by atoms with Crippen LogP contribution in [0.15, 0.2) is 72.8 Å². The second kappa shape index (κ2) is 9.53. The van der Waals surface area contributed by atoms with Crippen LogP contribution in [0.1, 0.15) is 10.4 Å². The van der Waals surface area contributed by atoms with Crippen molar-refractivity contribution in [3.8, 4) is 39.1 Å². The lowest BCUT2D eigenvalue weighted by molar-refractivity contribution is 0.102. The number of amides is 1. The van der Waals surface area contributed by atoms with Gasteiger partial charge in [0.05, 0.1) is 21.3 Å². The molecule has 162 valence electrons. The molecule has 32 heavy (non-hydrogen) atoms. The number of anilines is 1. The third-order valence-electron chi connectivity index (χ3n) is 4.88. The number of carbonyl (C=O) groups excluding carboxylic acids is 1. The van der Waals surface area contributed by atoms with E-state index in [2.05, 4.69) is 5.32 Å². The molecule has 0 aliphatic rings. The number of rotatable bonds is 7. The highest BCUT2D eigenvalue weighted by molar-refractivity contribution is 7.19. The molecular formula is C25H22N2O4S. The number of hydrogen-bond donors (Lipinski definition) is 1. The summed E-state index contributed by atoms with van der Waals surface area (Å²) in [5.41, 5.74) is 3.03. The normalized spacial score (nSPS) is 10.5. The highest BCUT2D eigenvalue weighted by Crippen LogP contribution is 2.40. The van der Waals surface area contributed by atoms with Crippen LogP contribution in [0.4, 0.5) is 5.00 Å². The topological polar surface area (TPSA) is 69.7 Å². The van der Waals surface area contributed by atoms with E-state index in [0.717, 1.165) is 16.1 Å². The molecule has 0 saturated heterocycles. The summed E-state index contributed by atoms with van der Waals surface area (Å²) in [7, 11) is 4.79. The predicted octanol–water partition coefficient (Wildman–Crippen LogP) is 5.76. The molecule has 3 aromatic carbocycles. The van der Waals surface area contributed by atoms with Gasteiger partial charge in [0.1, 0.15) is 21.5 Å². The second-order valence-electron chi connectivity index (χ2n) is 6.82. The first kappa shape index (κ1) is 21.4. The number of thiazole rings is 1. The molecule has 4 aromatic rings. The van der Waals surface area contributed by atoms with E-state index in [-0.39, 0.29) is 5.91 Å². The van der Waals surface area contributed by atoms with E-state index in [1.54, 1.807) is 45.6 Å². The molecule has 1 N–H and O–H groups in total. The SMILES string of the molecule is COc1ccc(C(=O)Nc2sc(-c3ccc(OC)c(OC)c3)nc2-c2ccccc2)cc1. The van der Waals surface area contributed by atoms with Gasteiger partial charge in [-0.05, 0) is 42.5 Å². The van der Waals surface area contributed by atoms with Crippen LogP contribution in [0.2, 0.25) is 0 Å². The molecule has 0 unspecified atom stereocenters. The minimum absolute atomic E-state index is 0.215. The Kier molecular flexibility index (Phi) is 6.37. The molecule has 6 nitrogen and oxygen atoms in total. The minimum Gasteiger partial charge on any atom is -0.497 e. The number of benzene rings is 3. The van der Waals surface area contributed by atoms with Crippen molar-refractivity contribution >= 4 is 22.2 Å². The van der Waals surface area contributed by atoms with E-state index in [1.807, 2.05) is 48.5 Å². The van der Waals surface area contributed by atoms with E-state index in [1.165, 1.54) is 11.3 Å². The summed E-state index contributed by atoms with van der Waals surface area (Å²) in [4.78, 5) is 17.8. The van der Waals surface area contributed by atoms with E-state index in [0.29, 0.717) is 33.5 Å². The first-order valence-electron chi connectivity index (χ1n) is 9.87. The van der Waals surface area contributed by atoms with Crippen molar-refractivity contribution in [3.05, 3.63) is 78.4 Å². The minimum atomic E-state index is -0.215. The molecular weight excluding hydrogens is 424 g/mol. The van der Waals surface area contributed by atoms with Gasteiger partial charge in [0, 0.05) is 16.7 Å². The molecule has 1 aromatic heterocycles. The van der Waals surface area contributed by atoms with E-state index >= 15 is 0 Å². The lowest BCUT2D eigenvalue weighted by Crippen LogP contribution is -2.11. The fourth-order valence-corrected chi connectivity index (χ4v) is 4.19. The van der Waals surface area contributed by atoms with Gasteiger partial charge in [0.15, 0.2) is 11.5 Å². The average molecular weight is 447 g/mol. The largest absolute Gasteiger partial charge is 0.497 e. The molecule has 0 bridgehead atoms. The van der Waals surface area contributed by atoms with Gasteiger partial charge in [-0.25, -0.2) is 4.98 Å². The second-order valence-corrected chi connectivity index (χ2v) is 7.81. The van der Waals surface area contributed by atoms with Crippen molar-refractivity contribution in [1.29, 1.82) is 0 Å². The van der Waals surface area contributed by atoms with Crippen molar-refractivity contribution in [2.24, 2.45) is 0 Å². The van der Waals surface area contributed by atoms with Crippen LogP contribution in [0.25, 0.3) is 21.8 Å². The van der Waals surface area contributed by atoms with Crippen LogP contribution in [-0.2, 0) is 0 Å². The molecule has 0 atom stereocenters. The third-order valence-corrected chi connectivity index (χ3v) is 5.90. The van der Waals surface area contributed by atoms with Crippen molar-refractivity contribution in [3.63, 3.8) is 0 Å². The number of hydrogen-bond acceptors (Lipinski definition) is 6. The van der Waals surface area contributed by atoms with E-state index in [9.17, 15) is 4.79 Å². The number of aromatic nitrogens is 1. The van der Waals surface area contributed by atoms with Gasteiger partial charge in [-0.3, -0.25) is 4.79 Å². The predicted molar refractivity (Wildman–Crippen MR) is 127 cm³/mol. The summed E-state index contributed by atoms with van der Waals surface area (Å²) in [5.74, 6) is 1.74. The van der Waals surface area contributed by atoms with Crippen molar-refractivity contribution < 1.29 is 19.0 Å². The van der Waals surface area contributed by atoms with Crippen LogP contribution in [0.3, 0.4) is 0 Å². The first-order valence-corrected chi connectivity index (χ1v) is 10.7.